The third-order valence-electron chi connectivity index (χ3n) is 2.31. The van der Waals surface area contributed by atoms with E-state index in [2.05, 4.69) is 0 Å². The first kappa shape index (κ1) is 12.0. The van der Waals surface area contributed by atoms with Gasteiger partial charge in [-0.05, 0) is 25.0 Å². The second-order valence-electron chi connectivity index (χ2n) is 3.55. The topological polar surface area (TPSA) is 37.3 Å². The van der Waals surface area contributed by atoms with Gasteiger partial charge in [0.15, 0.2) is 4.87 Å². The Bertz CT molecular complexity index is 357. The summed E-state index contributed by atoms with van der Waals surface area (Å²) < 4.78 is 12.9. The van der Waals surface area contributed by atoms with E-state index in [9.17, 15) is 9.18 Å². The Morgan fingerprint density at radius 3 is 2.27 bits per heavy atom. The van der Waals surface area contributed by atoms with Crippen molar-refractivity contribution in [2.45, 2.75) is 24.9 Å². The maximum absolute atomic E-state index is 12.9. The average Bonchev–Trinajstić information content (AvgIpc) is 2.17. The maximum Gasteiger partial charge on any atom is 0.329 e. The smallest absolute Gasteiger partial charge is 0.329 e. The molecule has 0 aliphatic rings. The number of alkyl halides is 2. The molecule has 0 fully saturated rings. The number of carboxylic acid groups (broad SMARTS) is 1. The molecular formula is C11H12ClFO2. The average molecular weight is 231 g/mol. The van der Waals surface area contributed by atoms with Gasteiger partial charge in [0, 0.05) is 0 Å². The van der Waals surface area contributed by atoms with Crippen LogP contribution in [0.1, 0.15) is 31.1 Å². The second kappa shape index (κ2) is 4.19. The molecule has 0 spiro atoms. The summed E-state index contributed by atoms with van der Waals surface area (Å²) in [5.41, 5.74) is 0.956. The van der Waals surface area contributed by atoms with E-state index in [-0.39, 0.29) is 0 Å². The van der Waals surface area contributed by atoms with Crippen LogP contribution in [0.15, 0.2) is 24.3 Å². The van der Waals surface area contributed by atoms with Crippen molar-refractivity contribution in [1.29, 1.82) is 0 Å². The van der Waals surface area contributed by atoms with Crippen molar-refractivity contribution in [3.05, 3.63) is 35.4 Å². The SMILES string of the molecule is CC(F)c1ccc(C(C)(Cl)C(=O)O)cc1. The molecule has 0 aromatic heterocycles. The van der Waals surface area contributed by atoms with Crippen LogP contribution in [0.25, 0.3) is 0 Å². The summed E-state index contributed by atoms with van der Waals surface area (Å²) >= 11 is 5.84. The number of benzene rings is 1. The molecule has 1 aromatic carbocycles. The van der Waals surface area contributed by atoms with Crippen LogP contribution in [0.2, 0.25) is 0 Å². The van der Waals surface area contributed by atoms with E-state index >= 15 is 0 Å². The second-order valence-corrected chi connectivity index (χ2v) is 4.30. The van der Waals surface area contributed by atoms with E-state index < -0.39 is 17.0 Å². The van der Waals surface area contributed by atoms with E-state index in [0.717, 1.165) is 0 Å². The van der Waals surface area contributed by atoms with Crippen molar-refractivity contribution in [3.8, 4) is 0 Å². The zero-order chi connectivity index (χ0) is 11.6. The van der Waals surface area contributed by atoms with Gasteiger partial charge in [0.25, 0.3) is 0 Å². The lowest BCUT2D eigenvalue weighted by molar-refractivity contribution is -0.139. The fourth-order valence-corrected chi connectivity index (χ4v) is 1.31. The molecule has 1 rings (SSSR count). The van der Waals surface area contributed by atoms with E-state index in [1.807, 2.05) is 0 Å². The third-order valence-corrected chi connectivity index (χ3v) is 2.69. The van der Waals surface area contributed by atoms with Crippen molar-refractivity contribution in [1.82, 2.24) is 0 Å². The number of hydrogen-bond donors (Lipinski definition) is 1. The van der Waals surface area contributed by atoms with Crippen molar-refractivity contribution in [2.75, 3.05) is 0 Å². The summed E-state index contributed by atoms with van der Waals surface area (Å²) in [6.45, 7) is 2.82. The molecule has 0 aliphatic heterocycles. The molecule has 0 saturated heterocycles. The standard InChI is InChI=1S/C11H12ClFO2/c1-7(13)8-3-5-9(6-4-8)11(2,12)10(14)15/h3-7H,1-2H3,(H,14,15). The van der Waals surface area contributed by atoms with Gasteiger partial charge >= 0.3 is 5.97 Å². The van der Waals surface area contributed by atoms with Gasteiger partial charge in [-0.1, -0.05) is 24.3 Å². The first-order chi connectivity index (χ1) is 6.85. The summed E-state index contributed by atoms with van der Waals surface area (Å²) in [6, 6.07) is 6.16. The zero-order valence-electron chi connectivity index (χ0n) is 8.50. The van der Waals surface area contributed by atoms with Gasteiger partial charge in [0.2, 0.25) is 0 Å². The molecule has 2 atom stereocenters. The summed E-state index contributed by atoms with van der Waals surface area (Å²) in [5, 5.41) is 8.87. The largest absolute Gasteiger partial charge is 0.480 e. The van der Waals surface area contributed by atoms with Crippen molar-refractivity contribution < 1.29 is 14.3 Å². The molecule has 2 nitrogen and oxygen atoms in total. The molecule has 1 N–H and O–H groups in total. The lowest BCUT2D eigenvalue weighted by atomic mass is 9.98. The fraction of sp³-hybridized carbons (Fsp3) is 0.364. The van der Waals surface area contributed by atoms with Crippen LogP contribution in [-0.2, 0) is 9.67 Å². The van der Waals surface area contributed by atoms with Crippen LogP contribution in [0, 0.1) is 0 Å². The van der Waals surface area contributed by atoms with E-state index in [4.69, 9.17) is 16.7 Å². The zero-order valence-corrected chi connectivity index (χ0v) is 9.25. The highest BCUT2D eigenvalue weighted by molar-refractivity contribution is 6.33. The predicted octanol–water partition coefficient (Wildman–Crippen LogP) is 3.26. The van der Waals surface area contributed by atoms with Crippen LogP contribution in [0.4, 0.5) is 4.39 Å². The lowest BCUT2D eigenvalue weighted by Gasteiger charge is -2.17. The predicted molar refractivity (Wildman–Crippen MR) is 56.8 cm³/mol. The Morgan fingerprint density at radius 1 is 1.47 bits per heavy atom. The Labute approximate surface area is 92.7 Å². The van der Waals surface area contributed by atoms with Gasteiger partial charge in [-0.2, -0.15) is 0 Å². The molecule has 15 heavy (non-hydrogen) atoms. The molecule has 0 aliphatic carbocycles. The third kappa shape index (κ3) is 2.48. The van der Waals surface area contributed by atoms with Crippen molar-refractivity contribution in [3.63, 3.8) is 0 Å². The lowest BCUT2D eigenvalue weighted by Crippen LogP contribution is -2.25. The number of aliphatic carboxylic acids is 1. The molecule has 82 valence electrons. The molecule has 4 heteroatoms. The Kier molecular flexibility index (Phi) is 3.35. The molecule has 0 amide bonds. The van der Waals surface area contributed by atoms with Crippen LogP contribution >= 0.6 is 11.6 Å². The number of carboxylic acids is 1. The number of carbonyl (C=O) groups is 1. The van der Waals surface area contributed by atoms with Gasteiger partial charge in [-0.25, -0.2) is 9.18 Å². The summed E-state index contributed by atoms with van der Waals surface area (Å²) in [5.74, 6) is -1.12. The molecule has 0 heterocycles. The van der Waals surface area contributed by atoms with Gasteiger partial charge in [-0.3, -0.25) is 0 Å². The fourth-order valence-electron chi connectivity index (χ4n) is 1.18. The highest BCUT2D eigenvalue weighted by Crippen LogP contribution is 2.30. The monoisotopic (exact) mass is 230 g/mol. The Balaban J connectivity index is 3.04. The van der Waals surface area contributed by atoms with E-state index in [0.29, 0.717) is 11.1 Å². The molecule has 2 unspecified atom stereocenters. The number of rotatable bonds is 3. The minimum Gasteiger partial charge on any atom is -0.480 e. The van der Waals surface area contributed by atoms with Crippen LogP contribution in [0.3, 0.4) is 0 Å². The quantitative estimate of drug-likeness (QED) is 0.810. The molecular weight excluding hydrogens is 219 g/mol. The first-order valence-corrected chi connectivity index (χ1v) is 4.90. The minimum absolute atomic E-state index is 0.445. The minimum atomic E-state index is -1.46. The summed E-state index contributed by atoms with van der Waals surface area (Å²) in [4.78, 5) is 9.37. The first-order valence-electron chi connectivity index (χ1n) is 4.52. The Morgan fingerprint density at radius 2 is 1.93 bits per heavy atom. The molecule has 1 aromatic rings. The van der Waals surface area contributed by atoms with Crippen LogP contribution in [-0.4, -0.2) is 11.1 Å². The van der Waals surface area contributed by atoms with Gasteiger partial charge in [-0.15, -0.1) is 11.6 Å². The summed E-state index contributed by atoms with van der Waals surface area (Å²) in [7, 11) is 0. The highest BCUT2D eigenvalue weighted by Gasteiger charge is 2.32. The normalized spacial score (nSPS) is 16.8. The van der Waals surface area contributed by atoms with Gasteiger partial charge in [0.1, 0.15) is 6.17 Å². The van der Waals surface area contributed by atoms with Crippen LogP contribution < -0.4 is 0 Å². The van der Waals surface area contributed by atoms with Crippen molar-refractivity contribution >= 4 is 17.6 Å². The summed E-state index contributed by atoms with van der Waals surface area (Å²) in [6.07, 6.45) is -1.06. The highest BCUT2D eigenvalue weighted by atomic mass is 35.5. The molecule has 0 saturated carbocycles. The van der Waals surface area contributed by atoms with Gasteiger partial charge < -0.3 is 5.11 Å². The Hall–Kier alpha value is -1.09. The van der Waals surface area contributed by atoms with E-state index in [1.165, 1.54) is 26.0 Å². The molecule has 0 radical (unpaired) electrons. The van der Waals surface area contributed by atoms with Gasteiger partial charge in [0.05, 0.1) is 0 Å². The van der Waals surface area contributed by atoms with E-state index in [1.54, 1.807) is 12.1 Å². The number of halogens is 2. The molecule has 0 bridgehead atoms. The number of hydrogen-bond acceptors (Lipinski definition) is 1. The van der Waals surface area contributed by atoms with Crippen molar-refractivity contribution in [2.24, 2.45) is 0 Å². The van der Waals surface area contributed by atoms with Crippen LogP contribution in [0.5, 0.6) is 0 Å². The maximum atomic E-state index is 12.9.